The maximum absolute atomic E-state index is 13.0. The number of carbonyl (C=O) groups excluding carboxylic acids is 1. The normalized spacial score (nSPS) is 19.1. The minimum atomic E-state index is 0.0577. The molecule has 0 saturated heterocycles. The third-order valence-electron chi connectivity index (χ3n) is 5.11. The molecule has 0 fully saturated rings. The fraction of sp³-hybridized carbons (Fsp3) is 0.421. The summed E-state index contributed by atoms with van der Waals surface area (Å²) >= 11 is 0. The highest BCUT2D eigenvalue weighted by molar-refractivity contribution is 6.06. The van der Waals surface area contributed by atoms with E-state index >= 15 is 0 Å². The summed E-state index contributed by atoms with van der Waals surface area (Å²) in [5.74, 6) is 0.0577. The molecule has 4 nitrogen and oxygen atoms in total. The van der Waals surface area contributed by atoms with Gasteiger partial charge in [0.1, 0.15) is 5.69 Å². The summed E-state index contributed by atoms with van der Waals surface area (Å²) < 4.78 is 5.47. The summed E-state index contributed by atoms with van der Waals surface area (Å²) in [6, 6.07) is 10.2. The molecule has 4 heteroatoms. The van der Waals surface area contributed by atoms with Crippen LogP contribution in [-0.2, 0) is 23.2 Å². The largest absolute Gasteiger partial charge is 0.376 e. The van der Waals surface area contributed by atoms with Gasteiger partial charge in [-0.15, -0.1) is 0 Å². The van der Waals surface area contributed by atoms with E-state index in [4.69, 9.17) is 4.74 Å². The van der Waals surface area contributed by atoms with Gasteiger partial charge < -0.3 is 14.6 Å². The molecule has 120 valence electrons. The van der Waals surface area contributed by atoms with Gasteiger partial charge in [-0.1, -0.05) is 32.0 Å². The average molecular weight is 310 g/mol. The number of nitrogens with one attached hydrogen (secondary N) is 1. The van der Waals surface area contributed by atoms with Crippen molar-refractivity contribution in [1.29, 1.82) is 0 Å². The van der Waals surface area contributed by atoms with E-state index in [1.807, 2.05) is 17.0 Å². The lowest BCUT2D eigenvalue weighted by Gasteiger charge is -2.38. The lowest BCUT2D eigenvalue weighted by atomic mass is 9.77. The highest BCUT2D eigenvalue weighted by atomic mass is 16.5. The first-order valence-corrected chi connectivity index (χ1v) is 8.26. The summed E-state index contributed by atoms with van der Waals surface area (Å²) in [7, 11) is 0. The SMILES string of the molecule is CC1(C)CCN(C(=O)c2cc3c([nH]2)CCOC3)c2ccccc21. The molecule has 1 aromatic carbocycles. The lowest BCUT2D eigenvalue weighted by molar-refractivity contribution is 0.0978. The Morgan fingerprint density at radius 3 is 2.96 bits per heavy atom. The number of carbonyl (C=O) groups is 1. The molecule has 1 amide bonds. The van der Waals surface area contributed by atoms with E-state index < -0.39 is 0 Å². The zero-order valence-electron chi connectivity index (χ0n) is 13.7. The van der Waals surface area contributed by atoms with E-state index in [1.54, 1.807) is 0 Å². The minimum absolute atomic E-state index is 0.0577. The van der Waals surface area contributed by atoms with Gasteiger partial charge in [-0.25, -0.2) is 0 Å². The molecule has 2 aromatic rings. The van der Waals surface area contributed by atoms with Gasteiger partial charge in [-0.05, 0) is 35.1 Å². The number of benzene rings is 1. The molecule has 0 radical (unpaired) electrons. The quantitative estimate of drug-likeness (QED) is 0.877. The molecule has 4 rings (SSSR count). The predicted molar refractivity (Wildman–Crippen MR) is 89.9 cm³/mol. The van der Waals surface area contributed by atoms with Crippen molar-refractivity contribution in [2.75, 3.05) is 18.1 Å². The maximum Gasteiger partial charge on any atom is 0.274 e. The van der Waals surface area contributed by atoms with Crippen LogP contribution in [0.3, 0.4) is 0 Å². The van der Waals surface area contributed by atoms with Crippen LogP contribution in [-0.4, -0.2) is 24.0 Å². The molecule has 0 unspecified atom stereocenters. The number of H-pyrrole nitrogens is 1. The Kier molecular flexibility index (Phi) is 3.31. The zero-order valence-corrected chi connectivity index (χ0v) is 13.7. The summed E-state index contributed by atoms with van der Waals surface area (Å²) in [6.07, 6.45) is 1.82. The van der Waals surface area contributed by atoms with Crippen LogP contribution in [0.4, 0.5) is 5.69 Å². The Balaban J connectivity index is 1.70. The van der Waals surface area contributed by atoms with Crippen LogP contribution in [0.15, 0.2) is 30.3 Å². The van der Waals surface area contributed by atoms with Crippen LogP contribution in [0.1, 0.15) is 47.6 Å². The van der Waals surface area contributed by atoms with Gasteiger partial charge in [0, 0.05) is 24.3 Å². The minimum Gasteiger partial charge on any atom is -0.376 e. The molecule has 2 aliphatic rings. The highest BCUT2D eigenvalue weighted by Crippen LogP contribution is 2.39. The second kappa shape index (κ2) is 5.24. The molecule has 0 aliphatic carbocycles. The second-order valence-corrected chi connectivity index (χ2v) is 7.10. The Morgan fingerprint density at radius 1 is 1.30 bits per heavy atom. The van der Waals surface area contributed by atoms with Crippen LogP contribution >= 0.6 is 0 Å². The second-order valence-electron chi connectivity index (χ2n) is 7.10. The first kappa shape index (κ1) is 14.5. The molecule has 0 atom stereocenters. The highest BCUT2D eigenvalue weighted by Gasteiger charge is 2.34. The van der Waals surface area contributed by atoms with E-state index in [2.05, 4.69) is 37.0 Å². The number of rotatable bonds is 1. The monoisotopic (exact) mass is 310 g/mol. The van der Waals surface area contributed by atoms with Crippen LogP contribution in [0, 0.1) is 0 Å². The number of fused-ring (bicyclic) bond motifs is 2. The Morgan fingerprint density at radius 2 is 2.13 bits per heavy atom. The van der Waals surface area contributed by atoms with Crippen molar-refractivity contribution in [1.82, 2.24) is 4.98 Å². The smallest absolute Gasteiger partial charge is 0.274 e. The van der Waals surface area contributed by atoms with Crippen molar-refractivity contribution in [2.45, 2.75) is 38.7 Å². The number of anilines is 1. The Hall–Kier alpha value is -2.07. The summed E-state index contributed by atoms with van der Waals surface area (Å²) in [5.41, 5.74) is 5.33. The summed E-state index contributed by atoms with van der Waals surface area (Å²) in [4.78, 5) is 18.3. The first-order chi connectivity index (χ1) is 11.1. The van der Waals surface area contributed by atoms with Gasteiger partial charge in [0.15, 0.2) is 0 Å². The van der Waals surface area contributed by atoms with Crippen LogP contribution in [0.25, 0.3) is 0 Å². The van der Waals surface area contributed by atoms with E-state index in [1.165, 1.54) is 5.56 Å². The number of nitrogens with zero attached hydrogens (tertiary/aromatic N) is 1. The van der Waals surface area contributed by atoms with Crippen molar-refractivity contribution in [3.8, 4) is 0 Å². The molecule has 0 bridgehead atoms. The predicted octanol–water partition coefficient (Wildman–Crippen LogP) is 3.42. The van der Waals surface area contributed by atoms with Crippen molar-refractivity contribution in [2.24, 2.45) is 0 Å². The molecular formula is C19H22N2O2. The first-order valence-electron chi connectivity index (χ1n) is 8.26. The number of amides is 1. The zero-order chi connectivity index (χ0) is 16.0. The van der Waals surface area contributed by atoms with Crippen molar-refractivity contribution >= 4 is 11.6 Å². The van der Waals surface area contributed by atoms with Crippen molar-refractivity contribution in [3.05, 3.63) is 52.8 Å². The molecule has 1 aromatic heterocycles. The number of hydrogen-bond acceptors (Lipinski definition) is 2. The van der Waals surface area contributed by atoms with Crippen LogP contribution in [0.5, 0.6) is 0 Å². The number of aromatic nitrogens is 1. The average Bonchev–Trinajstić information content (AvgIpc) is 2.99. The number of aromatic amines is 1. The van der Waals surface area contributed by atoms with Crippen molar-refractivity contribution < 1.29 is 9.53 Å². The van der Waals surface area contributed by atoms with Gasteiger partial charge >= 0.3 is 0 Å². The van der Waals surface area contributed by atoms with Gasteiger partial charge in [-0.2, -0.15) is 0 Å². The molecule has 0 spiro atoms. The standard InChI is InChI=1S/C19H22N2O2/c1-19(2)8-9-21(17-6-4-3-5-14(17)19)18(22)16-11-13-12-23-10-7-15(13)20-16/h3-6,11,20H,7-10,12H2,1-2H3. The van der Waals surface area contributed by atoms with Gasteiger partial charge in [0.25, 0.3) is 5.91 Å². The summed E-state index contributed by atoms with van der Waals surface area (Å²) in [5, 5.41) is 0. The third kappa shape index (κ3) is 2.38. The van der Waals surface area contributed by atoms with E-state index in [9.17, 15) is 4.79 Å². The van der Waals surface area contributed by atoms with Gasteiger partial charge in [0.05, 0.1) is 13.2 Å². The lowest BCUT2D eigenvalue weighted by Crippen LogP contribution is -2.41. The topological polar surface area (TPSA) is 45.3 Å². The van der Waals surface area contributed by atoms with E-state index in [0.29, 0.717) is 12.3 Å². The number of ether oxygens (including phenoxy) is 1. The molecule has 2 aliphatic heterocycles. The molecule has 3 heterocycles. The van der Waals surface area contributed by atoms with Gasteiger partial charge in [0.2, 0.25) is 0 Å². The Labute approximate surface area is 136 Å². The van der Waals surface area contributed by atoms with E-state index in [0.717, 1.165) is 42.9 Å². The van der Waals surface area contributed by atoms with E-state index in [-0.39, 0.29) is 11.3 Å². The van der Waals surface area contributed by atoms with Crippen molar-refractivity contribution in [3.63, 3.8) is 0 Å². The molecule has 0 saturated carbocycles. The molecule has 23 heavy (non-hydrogen) atoms. The number of para-hydroxylation sites is 1. The fourth-order valence-electron chi connectivity index (χ4n) is 3.65. The molecule has 1 N–H and O–H groups in total. The van der Waals surface area contributed by atoms with Crippen LogP contribution < -0.4 is 4.90 Å². The van der Waals surface area contributed by atoms with Crippen LogP contribution in [0.2, 0.25) is 0 Å². The Bertz CT molecular complexity index is 737. The maximum atomic E-state index is 13.0. The number of hydrogen-bond donors (Lipinski definition) is 1. The third-order valence-corrected chi connectivity index (χ3v) is 5.11. The van der Waals surface area contributed by atoms with Gasteiger partial charge in [-0.3, -0.25) is 4.79 Å². The summed E-state index contributed by atoms with van der Waals surface area (Å²) in [6.45, 7) is 6.57. The fourth-order valence-corrected chi connectivity index (χ4v) is 3.65. The molecular weight excluding hydrogens is 288 g/mol.